The van der Waals surface area contributed by atoms with Crippen LogP contribution in [-0.2, 0) is 6.61 Å². The van der Waals surface area contributed by atoms with E-state index in [1.807, 2.05) is 0 Å². The van der Waals surface area contributed by atoms with Gasteiger partial charge >= 0.3 is 0 Å². The summed E-state index contributed by atoms with van der Waals surface area (Å²) in [6.45, 7) is 0.0465. The van der Waals surface area contributed by atoms with Gasteiger partial charge in [0, 0.05) is 21.8 Å². The van der Waals surface area contributed by atoms with Gasteiger partial charge in [-0.15, -0.1) is 0 Å². The number of aromatic nitrogens is 1. The van der Waals surface area contributed by atoms with Crippen molar-refractivity contribution in [3.8, 4) is 11.5 Å². The Hall–Kier alpha value is -2.97. The molecule has 3 rings (SSSR count). The first-order valence-electron chi connectivity index (χ1n) is 8.67. The SMILES string of the molecule is COc1cc(C=NNC(=O)c2cccnc2Cl)c(Br)cc1OCc1ccccc1F. The monoisotopic (exact) mass is 491 g/mol. The van der Waals surface area contributed by atoms with Gasteiger partial charge in [-0.25, -0.2) is 14.8 Å². The summed E-state index contributed by atoms with van der Waals surface area (Å²) in [6, 6.07) is 12.9. The number of benzene rings is 2. The smallest absolute Gasteiger partial charge is 0.274 e. The fourth-order valence-electron chi connectivity index (χ4n) is 2.47. The molecule has 3 aromatic rings. The normalized spacial score (nSPS) is 10.8. The molecular weight excluding hydrogens is 477 g/mol. The van der Waals surface area contributed by atoms with E-state index in [1.165, 1.54) is 25.6 Å². The second-order valence-electron chi connectivity index (χ2n) is 5.95. The molecule has 1 heterocycles. The summed E-state index contributed by atoms with van der Waals surface area (Å²) in [6.07, 6.45) is 2.93. The molecule has 6 nitrogen and oxygen atoms in total. The standard InChI is InChI=1S/C21H16BrClFN3O3/c1-29-18-9-14(11-26-27-21(28)15-6-4-8-25-20(15)23)16(22)10-19(18)30-12-13-5-2-3-7-17(13)24/h2-11H,12H2,1H3,(H,27,28). The second kappa shape index (κ2) is 10.2. The van der Waals surface area contributed by atoms with Crippen molar-refractivity contribution in [2.75, 3.05) is 7.11 Å². The average molecular weight is 493 g/mol. The Morgan fingerprint density at radius 1 is 1.27 bits per heavy atom. The van der Waals surface area contributed by atoms with Gasteiger partial charge in [0.2, 0.25) is 0 Å². The molecule has 30 heavy (non-hydrogen) atoms. The van der Waals surface area contributed by atoms with Gasteiger partial charge in [-0.3, -0.25) is 4.79 Å². The van der Waals surface area contributed by atoms with Gasteiger partial charge in [0.1, 0.15) is 17.6 Å². The van der Waals surface area contributed by atoms with E-state index in [2.05, 4.69) is 31.4 Å². The molecule has 1 amide bonds. The molecule has 0 fully saturated rings. The second-order valence-corrected chi connectivity index (χ2v) is 7.16. The number of carbonyl (C=O) groups excluding carboxylic acids is 1. The van der Waals surface area contributed by atoms with Crippen LogP contribution in [0.1, 0.15) is 21.5 Å². The van der Waals surface area contributed by atoms with E-state index >= 15 is 0 Å². The first kappa shape index (κ1) is 21.7. The number of pyridine rings is 1. The number of hydrogen-bond donors (Lipinski definition) is 1. The van der Waals surface area contributed by atoms with Crippen LogP contribution in [0.2, 0.25) is 5.15 Å². The topological polar surface area (TPSA) is 72.8 Å². The van der Waals surface area contributed by atoms with Gasteiger partial charge in [-0.05, 0) is 46.3 Å². The molecule has 1 N–H and O–H groups in total. The number of hydrazone groups is 1. The lowest BCUT2D eigenvalue weighted by Gasteiger charge is -2.13. The summed E-state index contributed by atoms with van der Waals surface area (Å²) in [5.41, 5.74) is 3.66. The van der Waals surface area contributed by atoms with E-state index in [0.717, 1.165) is 0 Å². The molecular formula is C21H16BrClFN3O3. The van der Waals surface area contributed by atoms with Crippen molar-refractivity contribution in [2.24, 2.45) is 5.10 Å². The minimum Gasteiger partial charge on any atom is -0.493 e. The molecule has 0 saturated carbocycles. The molecule has 2 aromatic carbocycles. The van der Waals surface area contributed by atoms with Gasteiger partial charge in [0.25, 0.3) is 5.91 Å². The van der Waals surface area contributed by atoms with Crippen LogP contribution in [0.3, 0.4) is 0 Å². The number of halogens is 3. The van der Waals surface area contributed by atoms with Gasteiger partial charge in [-0.1, -0.05) is 29.8 Å². The third-order valence-corrected chi connectivity index (χ3v) is 4.99. The van der Waals surface area contributed by atoms with E-state index in [-0.39, 0.29) is 23.1 Å². The van der Waals surface area contributed by atoms with Gasteiger partial charge in [-0.2, -0.15) is 5.10 Å². The summed E-state index contributed by atoms with van der Waals surface area (Å²) in [5.74, 6) is 0.0228. The van der Waals surface area contributed by atoms with E-state index in [0.29, 0.717) is 27.1 Å². The maximum atomic E-state index is 13.8. The Bertz CT molecular complexity index is 1090. The summed E-state index contributed by atoms with van der Waals surface area (Å²) in [5, 5.41) is 4.03. The number of nitrogens with zero attached hydrogens (tertiary/aromatic N) is 2. The van der Waals surface area contributed by atoms with Crippen molar-refractivity contribution in [1.29, 1.82) is 0 Å². The van der Waals surface area contributed by atoms with Gasteiger partial charge in [0.05, 0.1) is 18.9 Å². The highest BCUT2D eigenvalue weighted by Gasteiger charge is 2.12. The lowest BCUT2D eigenvalue weighted by atomic mass is 10.2. The number of amides is 1. The zero-order chi connectivity index (χ0) is 21.5. The van der Waals surface area contributed by atoms with Crippen LogP contribution in [0.4, 0.5) is 4.39 Å². The summed E-state index contributed by atoms with van der Waals surface area (Å²) >= 11 is 9.33. The summed E-state index contributed by atoms with van der Waals surface area (Å²) in [4.78, 5) is 16.0. The van der Waals surface area contributed by atoms with Crippen molar-refractivity contribution in [3.05, 3.63) is 86.9 Å². The van der Waals surface area contributed by atoms with Crippen LogP contribution in [0.15, 0.2) is 64.3 Å². The number of rotatable bonds is 7. The van der Waals surface area contributed by atoms with E-state index in [1.54, 1.807) is 42.5 Å². The summed E-state index contributed by atoms with van der Waals surface area (Å²) < 4.78 is 25.5. The summed E-state index contributed by atoms with van der Waals surface area (Å²) in [7, 11) is 1.49. The fourth-order valence-corrected chi connectivity index (χ4v) is 3.10. The zero-order valence-corrected chi connectivity index (χ0v) is 18.1. The zero-order valence-electron chi connectivity index (χ0n) is 15.7. The number of nitrogens with one attached hydrogen (secondary N) is 1. The molecule has 9 heteroatoms. The van der Waals surface area contributed by atoms with E-state index in [9.17, 15) is 9.18 Å². The Morgan fingerprint density at radius 2 is 2.07 bits per heavy atom. The van der Waals surface area contributed by atoms with Crippen molar-refractivity contribution in [1.82, 2.24) is 10.4 Å². The molecule has 1 aromatic heterocycles. The van der Waals surface area contributed by atoms with Crippen LogP contribution in [0.25, 0.3) is 0 Å². The number of methoxy groups -OCH3 is 1. The van der Waals surface area contributed by atoms with E-state index in [4.69, 9.17) is 21.1 Å². The Morgan fingerprint density at radius 3 is 2.80 bits per heavy atom. The predicted molar refractivity (Wildman–Crippen MR) is 116 cm³/mol. The minimum absolute atomic E-state index is 0.0465. The van der Waals surface area contributed by atoms with Crippen molar-refractivity contribution in [2.45, 2.75) is 6.61 Å². The highest BCUT2D eigenvalue weighted by atomic mass is 79.9. The predicted octanol–water partition coefficient (Wildman–Crippen LogP) is 4.99. The Kier molecular flexibility index (Phi) is 7.37. The lowest BCUT2D eigenvalue weighted by Crippen LogP contribution is -2.18. The molecule has 0 aliphatic heterocycles. The molecule has 0 bridgehead atoms. The largest absolute Gasteiger partial charge is 0.493 e. The fraction of sp³-hybridized carbons (Fsp3) is 0.0952. The molecule has 0 unspecified atom stereocenters. The van der Waals surface area contributed by atoms with Gasteiger partial charge < -0.3 is 9.47 Å². The van der Waals surface area contributed by atoms with Crippen LogP contribution in [0.5, 0.6) is 11.5 Å². The molecule has 0 spiro atoms. The lowest BCUT2D eigenvalue weighted by molar-refractivity contribution is 0.0955. The Labute approximate surface area is 185 Å². The third-order valence-electron chi connectivity index (χ3n) is 4.00. The molecule has 0 atom stereocenters. The minimum atomic E-state index is -0.489. The number of carbonyl (C=O) groups is 1. The molecule has 0 aliphatic rings. The van der Waals surface area contributed by atoms with Crippen LogP contribution < -0.4 is 14.9 Å². The highest BCUT2D eigenvalue weighted by molar-refractivity contribution is 9.10. The van der Waals surface area contributed by atoms with E-state index < -0.39 is 5.91 Å². The first-order valence-corrected chi connectivity index (χ1v) is 9.84. The quantitative estimate of drug-likeness (QED) is 0.287. The highest BCUT2D eigenvalue weighted by Crippen LogP contribution is 2.33. The van der Waals surface area contributed by atoms with Crippen molar-refractivity contribution < 1.29 is 18.7 Å². The molecule has 0 radical (unpaired) electrons. The Balaban J connectivity index is 1.72. The average Bonchev–Trinajstić information content (AvgIpc) is 2.74. The van der Waals surface area contributed by atoms with Crippen molar-refractivity contribution in [3.63, 3.8) is 0 Å². The molecule has 0 aliphatic carbocycles. The first-order chi connectivity index (χ1) is 14.5. The molecule has 154 valence electrons. The third kappa shape index (κ3) is 5.34. The van der Waals surface area contributed by atoms with Gasteiger partial charge in [0.15, 0.2) is 11.5 Å². The maximum absolute atomic E-state index is 13.8. The van der Waals surface area contributed by atoms with Crippen LogP contribution in [-0.4, -0.2) is 24.2 Å². The van der Waals surface area contributed by atoms with Crippen LogP contribution in [0, 0.1) is 5.82 Å². The van der Waals surface area contributed by atoms with Crippen LogP contribution >= 0.6 is 27.5 Å². The number of hydrogen-bond acceptors (Lipinski definition) is 5. The van der Waals surface area contributed by atoms with Crippen molar-refractivity contribution >= 4 is 39.7 Å². The maximum Gasteiger partial charge on any atom is 0.274 e. The number of ether oxygens (including phenoxy) is 2. The molecule has 0 saturated heterocycles.